The Morgan fingerprint density at radius 2 is 1.53 bits per heavy atom. The zero-order chi connectivity index (χ0) is 27.3. The van der Waals surface area contributed by atoms with Crippen LogP contribution in [0, 0.1) is 0 Å². The van der Waals surface area contributed by atoms with Crippen LogP contribution in [0.1, 0.15) is 36.7 Å². The number of para-hydroxylation sites is 1. The van der Waals surface area contributed by atoms with Crippen molar-refractivity contribution in [1.82, 2.24) is 5.43 Å². The fourth-order valence-corrected chi connectivity index (χ4v) is 3.62. The summed E-state index contributed by atoms with van der Waals surface area (Å²) in [6.45, 7) is 6.54. The smallest absolute Gasteiger partial charge is 0.271 e. The standard InChI is InChI=1S/C28H30ClN3O6/c1-4-35-23-13-12-20(16-24(23)36-5-2)28(34)32-30-17-19-14-22(29)27(25(15-19)37-6-3)38-18-26(33)31-21-10-8-7-9-11-21/h7-17H,4-6,18H2,1-3H3,(H,31,33)(H,32,34)/b30-17+. The second-order valence-corrected chi connectivity index (χ2v) is 8.10. The Morgan fingerprint density at radius 3 is 2.24 bits per heavy atom. The van der Waals surface area contributed by atoms with Gasteiger partial charge in [-0.05, 0) is 68.8 Å². The van der Waals surface area contributed by atoms with Crippen LogP contribution in [0.3, 0.4) is 0 Å². The molecule has 0 fully saturated rings. The first-order valence-electron chi connectivity index (χ1n) is 12.1. The lowest BCUT2D eigenvalue weighted by Crippen LogP contribution is -2.20. The van der Waals surface area contributed by atoms with Crippen molar-refractivity contribution in [2.75, 3.05) is 31.7 Å². The SMILES string of the molecule is CCOc1ccc(C(=O)N/N=C/c2cc(Cl)c(OCC(=O)Nc3ccccc3)c(OCC)c2)cc1OCC. The van der Waals surface area contributed by atoms with E-state index in [9.17, 15) is 9.59 Å². The second kappa shape index (κ2) is 14.5. The van der Waals surface area contributed by atoms with Crippen molar-refractivity contribution >= 4 is 35.3 Å². The van der Waals surface area contributed by atoms with Gasteiger partial charge in [-0.25, -0.2) is 5.43 Å². The van der Waals surface area contributed by atoms with Crippen LogP contribution in [0.2, 0.25) is 5.02 Å². The fraction of sp³-hybridized carbons (Fsp3) is 0.250. The zero-order valence-electron chi connectivity index (χ0n) is 21.5. The Kier molecular flexibility index (Phi) is 10.8. The van der Waals surface area contributed by atoms with Gasteiger partial charge in [-0.15, -0.1) is 0 Å². The normalized spacial score (nSPS) is 10.6. The van der Waals surface area contributed by atoms with Crippen LogP contribution < -0.4 is 29.7 Å². The summed E-state index contributed by atoms with van der Waals surface area (Å²) in [4.78, 5) is 24.9. The van der Waals surface area contributed by atoms with E-state index in [1.165, 1.54) is 6.21 Å². The number of rotatable bonds is 13. The van der Waals surface area contributed by atoms with Crippen LogP contribution in [0.4, 0.5) is 5.69 Å². The number of nitrogens with one attached hydrogen (secondary N) is 2. The van der Waals surface area contributed by atoms with E-state index in [-0.39, 0.29) is 23.3 Å². The molecule has 200 valence electrons. The number of amides is 2. The van der Waals surface area contributed by atoms with Crippen LogP contribution in [0.5, 0.6) is 23.0 Å². The third-order valence-electron chi connectivity index (χ3n) is 4.92. The zero-order valence-corrected chi connectivity index (χ0v) is 22.2. The van der Waals surface area contributed by atoms with E-state index < -0.39 is 5.91 Å². The molecule has 2 amide bonds. The Balaban J connectivity index is 1.67. The molecule has 0 spiro atoms. The largest absolute Gasteiger partial charge is 0.490 e. The average molecular weight is 540 g/mol. The molecule has 0 atom stereocenters. The van der Waals surface area contributed by atoms with E-state index in [1.807, 2.05) is 39.0 Å². The molecule has 0 unspecified atom stereocenters. The second-order valence-electron chi connectivity index (χ2n) is 7.69. The van der Waals surface area contributed by atoms with Crippen molar-refractivity contribution in [3.05, 3.63) is 76.8 Å². The van der Waals surface area contributed by atoms with Crippen molar-refractivity contribution in [3.63, 3.8) is 0 Å². The molecule has 10 heteroatoms. The van der Waals surface area contributed by atoms with Crippen molar-refractivity contribution in [2.45, 2.75) is 20.8 Å². The third-order valence-corrected chi connectivity index (χ3v) is 5.20. The molecule has 0 bridgehead atoms. The number of hydrogen-bond acceptors (Lipinski definition) is 7. The molecule has 0 aromatic heterocycles. The molecule has 0 aliphatic heterocycles. The fourth-order valence-electron chi connectivity index (χ4n) is 3.34. The lowest BCUT2D eigenvalue weighted by molar-refractivity contribution is -0.118. The van der Waals surface area contributed by atoms with E-state index in [1.54, 1.807) is 42.5 Å². The number of ether oxygens (including phenoxy) is 4. The molecular formula is C28H30ClN3O6. The van der Waals surface area contributed by atoms with Gasteiger partial charge in [0, 0.05) is 11.3 Å². The minimum absolute atomic E-state index is 0.226. The third kappa shape index (κ3) is 8.14. The van der Waals surface area contributed by atoms with Gasteiger partial charge in [-0.1, -0.05) is 29.8 Å². The molecule has 0 saturated heterocycles. The maximum Gasteiger partial charge on any atom is 0.271 e. The molecule has 0 saturated carbocycles. The number of nitrogens with zero attached hydrogens (tertiary/aromatic N) is 1. The van der Waals surface area contributed by atoms with Crippen LogP contribution in [0.25, 0.3) is 0 Å². The Labute approximate surface area is 226 Å². The number of hydrogen-bond donors (Lipinski definition) is 2. The van der Waals surface area contributed by atoms with E-state index in [0.717, 1.165) is 0 Å². The number of hydrazone groups is 1. The number of carbonyl (C=O) groups excluding carboxylic acids is 2. The first-order valence-corrected chi connectivity index (χ1v) is 12.5. The minimum atomic E-state index is -0.425. The summed E-state index contributed by atoms with van der Waals surface area (Å²) in [6, 6.07) is 17.2. The van der Waals surface area contributed by atoms with E-state index in [2.05, 4.69) is 15.8 Å². The predicted molar refractivity (Wildman–Crippen MR) is 147 cm³/mol. The number of benzene rings is 3. The monoisotopic (exact) mass is 539 g/mol. The van der Waals surface area contributed by atoms with Crippen molar-refractivity contribution in [1.29, 1.82) is 0 Å². The van der Waals surface area contributed by atoms with E-state index in [0.29, 0.717) is 53.9 Å². The highest BCUT2D eigenvalue weighted by atomic mass is 35.5. The van der Waals surface area contributed by atoms with Crippen LogP contribution in [0.15, 0.2) is 65.8 Å². The first-order chi connectivity index (χ1) is 18.4. The molecule has 0 aliphatic carbocycles. The van der Waals surface area contributed by atoms with E-state index >= 15 is 0 Å². The molecule has 3 rings (SSSR count). The molecule has 0 heterocycles. The van der Waals surface area contributed by atoms with Gasteiger partial charge in [0.1, 0.15) is 0 Å². The maximum atomic E-state index is 12.6. The molecule has 0 radical (unpaired) electrons. The number of carbonyl (C=O) groups is 2. The Bertz CT molecular complexity index is 1270. The summed E-state index contributed by atoms with van der Waals surface area (Å²) in [5.41, 5.74) is 4.06. The van der Waals surface area contributed by atoms with Gasteiger partial charge in [-0.3, -0.25) is 9.59 Å². The van der Waals surface area contributed by atoms with Gasteiger partial charge >= 0.3 is 0 Å². The summed E-state index contributed by atoms with van der Waals surface area (Å²) < 4.78 is 22.4. The average Bonchev–Trinajstić information content (AvgIpc) is 2.90. The molecule has 38 heavy (non-hydrogen) atoms. The van der Waals surface area contributed by atoms with Crippen molar-refractivity contribution in [2.24, 2.45) is 5.10 Å². The maximum absolute atomic E-state index is 12.6. The molecule has 2 N–H and O–H groups in total. The van der Waals surface area contributed by atoms with Gasteiger partial charge in [0.2, 0.25) is 0 Å². The topological polar surface area (TPSA) is 107 Å². The Hall–Kier alpha value is -4.24. The molecule has 9 nitrogen and oxygen atoms in total. The Morgan fingerprint density at radius 1 is 0.842 bits per heavy atom. The molecule has 0 aliphatic rings. The minimum Gasteiger partial charge on any atom is -0.490 e. The predicted octanol–water partition coefficient (Wildman–Crippen LogP) is 5.32. The van der Waals surface area contributed by atoms with E-state index in [4.69, 9.17) is 30.5 Å². The summed E-state index contributed by atoms with van der Waals surface area (Å²) >= 11 is 6.43. The van der Waals surface area contributed by atoms with Gasteiger partial charge in [0.05, 0.1) is 31.1 Å². The molecule has 3 aromatic rings. The lowest BCUT2D eigenvalue weighted by Gasteiger charge is -2.14. The van der Waals surface area contributed by atoms with Crippen LogP contribution in [-0.4, -0.2) is 44.5 Å². The summed E-state index contributed by atoms with van der Waals surface area (Å²) in [5.74, 6) is 0.846. The highest BCUT2D eigenvalue weighted by molar-refractivity contribution is 6.32. The number of anilines is 1. The highest BCUT2D eigenvalue weighted by Crippen LogP contribution is 2.36. The summed E-state index contributed by atoms with van der Waals surface area (Å²) in [7, 11) is 0. The van der Waals surface area contributed by atoms with Crippen LogP contribution >= 0.6 is 11.6 Å². The van der Waals surface area contributed by atoms with Gasteiger partial charge in [-0.2, -0.15) is 5.10 Å². The number of halogens is 1. The lowest BCUT2D eigenvalue weighted by atomic mass is 10.2. The van der Waals surface area contributed by atoms with Crippen LogP contribution in [-0.2, 0) is 4.79 Å². The first kappa shape index (κ1) is 28.3. The van der Waals surface area contributed by atoms with Crippen molar-refractivity contribution in [3.8, 4) is 23.0 Å². The molecular weight excluding hydrogens is 510 g/mol. The van der Waals surface area contributed by atoms with Gasteiger partial charge in [0.25, 0.3) is 11.8 Å². The van der Waals surface area contributed by atoms with Crippen molar-refractivity contribution < 1.29 is 28.5 Å². The molecule has 3 aromatic carbocycles. The summed E-state index contributed by atoms with van der Waals surface area (Å²) in [6.07, 6.45) is 1.43. The quantitative estimate of drug-likeness (QED) is 0.225. The van der Waals surface area contributed by atoms with Gasteiger partial charge < -0.3 is 24.3 Å². The van der Waals surface area contributed by atoms with Gasteiger partial charge in [0.15, 0.2) is 29.6 Å². The summed E-state index contributed by atoms with van der Waals surface area (Å²) in [5, 5.41) is 7.00. The highest BCUT2D eigenvalue weighted by Gasteiger charge is 2.15.